The molecule has 0 aliphatic carbocycles. The lowest BCUT2D eigenvalue weighted by molar-refractivity contribution is -0.136. The van der Waals surface area contributed by atoms with Crippen molar-refractivity contribution in [1.29, 1.82) is 0 Å². The normalized spacial score (nSPS) is 17.4. The molecule has 2 aliphatic heterocycles. The van der Waals surface area contributed by atoms with Gasteiger partial charge in [-0.25, -0.2) is 4.79 Å². The van der Waals surface area contributed by atoms with Crippen LogP contribution in [-0.4, -0.2) is 57.6 Å². The smallest absolute Gasteiger partial charge is 0.335 e. The second kappa shape index (κ2) is 10.6. The van der Waals surface area contributed by atoms with Crippen molar-refractivity contribution in [3.8, 4) is 5.75 Å². The summed E-state index contributed by atoms with van der Waals surface area (Å²) in [7, 11) is 0. The van der Waals surface area contributed by atoms with Gasteiger partial charge >= 0.3 is 5.97 Å². The molecule has 0 spiro atoms. The summed E-state index contributed by atoms with van der Waals surface area (Å²) in [6.45, 7) is 1.33. The minimum Gasteiger partial charge on any atom is -0.489 e. The van der Waals surface area contributed by atoms with E-state index in [4.69, 9.17) is 9.84 Å². The minimum absolute atomic E-state index is 0.196. The number of ether oxygens (including phenoxy) is 1. The quantitative estimate of drug-likeness (QED) is 0.597. The van der Waals surface area contributed by atoms with E-state index in [-0.39, 0.29) is 29.5 Å². The number of carboxylic acid groups (broad SMARTS) is 1. The fraction of sp³-hybridized carbons (Fsp3) is 0.280. The average Bonchev–Trinajstić information content (AvgIpc) is 3.11. The average molecular weight is 481 g/mol. The highest BCUT2D eigenvalue weighted by Crippen LogP contribution is 2.32. The van der Waals surface area contributed by atoms with E-state index in [1.807, 2.05) is 0 Å². The van der Waals surface area contributed by atoms with Gasteiger partial charge < -0.3 is 14.7 Å². The van der Waals surface area contributed by atoms with Crippen molar-refractivity contribution >= 4 is 40.9 Å². The molecule has 2 heterocycles. The fourth-order valence-corrected chi connectivity index (χ4v) is 4.63. The first-order valence-corrected chi connectivity index (χ1v) is 11.8. The molecular formula is C25H24N2O6S. The number of amides is 3. The van der Waals surface area contributed by atoms with Gasteiger partial charge in [0.1, 0.15) is 18.9 Å². The minimum atomic E-state index is -0.994. The largest absolute Gasteiger partial charge is 0.489 e. The lowest BCUT2D eigenvalue weighted by Gasteiger charge is -2.27. The van der Waals surface area contributed by atoms with E-state index in [0.717, 1.165) is 41.5 Å². The third-order valence-electron chi connectivity index (χ3n) is 5.63. The highest BCUT2D eigenvalue weighted by Gasteiger charge is 2.37. The molecule has 0 saturated carbocycles. The molecule has 176 valence electrons. The number of hydrogen-bond donors (Lipinski definition) is 1. The zero-order chi connectivity index (χ0) is 24.1. The molecule has 8 nitrogen and oxygen atoms in total. The lowest BCUT2D eigenvalue weighted by Crippen LogP contribution is -2.44. The van der Waals surface area contributed by atoms with Gasteiger partial charge in [0.05, 0.1) is 10.5 Å². The van der Waals surface area contributed by atoms with Gasteiger partial charge in [0.2, 0.25) is 5.91 Å². The molecule has 2 fully saturated rings. The standard InChI is InChI=1S/C25H24N2O6S/c28-22(26-11-2-1-3-12-26)15-27-23(29)21(34-25(27)32)14-17-7-9-20(10-8-17)33-16-18-5-4-6-19(13-18)24(30)31/h4-10,13-14H,1-3,11-12,15-16H2,(H,30,31). The molecule has 0 bridgehead atoms. The molecule has 0 atom stereocenters. The van der Waals surface area contributed by atoms with E-state index < -0.39 is 17.1 Å². The molecule has 0 aromatic heterocycles. The van der Waals surface area contributed by atoms with Gasteiger partial charge in [0.15, 0.2) is 0 Å². The Balaban J connectivity index is 1.36. The molecular weight excluding hydrogens is 456 g/mol. The summed E-state index contributed by atoms with van der Waals surface area (Å²) >= 11 is 0.829. The van der Waals surface area contributed by atoms with E-state index in [1.165, 1.54) is 6.07 Å². The second-order valence-corrected chi connectivity index (χ2v) is 9.07. The molecule has 0 radical (unpaired) electrons. The van der Waals surface area contributed by atoms with E-state index in [2.05, 4.69) is 0 Å². The molecule has 0 unspecified atom stereocenters. The molecule has 2 aliphatic rings. The van der Waals surface area contributed by atoms with Crippen LogP contribution in [0, 0.1) is 0 Å². The summed E-state index contributed by atoms with van der Waals surface area (Å²) < 4.78 is 5.72. The Morgan fingerprint density at radius 3 is 2.47 bits per heavy atom. The van der Waals surface area contributed by atoms with Gasteiger partial charge in [-0.1, -0.05) is 24.3 Å². The van der Waals surface area contributed by atoms with Gasteiger partial charge in [-0.2, -0.15) is 0 Å². The number of carbonyl (C=O) groups excluding carboxylic acids is 3. The van der Waals surface area contributed by atoms with Gasteiger partial charge in [0.25, 0.3) is 11.1 Å². The van der Waals surface area contributed by atoms with Gasteiger partial charge in [0, 0.05) is 13.1 Å². The third kappa shape index (κ3) is 5.66. The summed E-state index contributed by atoms with van der Waals surface area (Å²) in [6, 6.07) is 13.5. The zero-order valence-corrected chi connectivity index (χ0v) is 19.3. The molecule has 4 rings (SSSR count). The van der Waals surface area contributed by atoms with Crippen molar-refractivity contribution in [1.82, 2.24) is 9.80 Å². The van der Waals surface area contributed by atoms with Crippen molar-refractivity contribution in [2.75, 3.05) is 19.6 Å². The molecule has 1 N–H and O–H groups in total. The van der Waals surface area contributed by atoms with Crippen LogP contribution in [0.4, 0.5) is 4.79 Å². The highest BCUT2D eigenvalue weighted by molar-refractivity contribution is 8.18. The number of rotatable bonds is 7. The Bertz CT molecular complexity index is 1140. The Hall–Kier alpha value is -3.59. The maximum atomic E-state index is 12.7. The molecule has 2 saturated heterocycles. The third-order valence-corrected chi connectivity index (χ3v) is 6.54. The number of carbonyl (C=O) groups is 4. The number of aromatic carboxylic acids is 1. The van der Waals surface area contributed by atoms with Crippen molar-refractivity contribution in [2.24, 2.45) is 0 Å². The highest BCUT2D eigenvalue weighted by atomic mass is 32.2. The van der Waals surface area contributed by atoms with Crippen LogP contribution < -0.4 is 4.74 Å². The van der Waals surface area contributed by atoms with Crippen LogP contribution in [0.25, 0.3) is 6.08 Å². The summed E-state index contributed by atoms with van der Waals surface area (Å²) in [5.41, 5.74) is 1.65. The van der Waals surface area contributed by atoms with Crippen molar-refractivity contribution in [3.05, 3.63) is 70.1 Å². The molecule has 2 aromatic carbocycles. The number of imide groups is 1. The zero-order valence-electron chi connectivity index (χ0n) is 18.4. The van der Waals surface area contributed by atoms with Crippen molar-refractivity contribution in [3.63, 3.8) is 0 Å². The molecule has 34 heavy (non-hydrogen) atoms. The van der Waals surface area contributed by atoms with Crippen LogP contribution in [0.2, 0.25) is 0 Å². The Kier molecular flexibility index (Phi) is 7.32. The maximum Gasteiger partial charge on any atom is 0.335 e. The van der Waals surface area contributed by atoms with Crippen LogP contribution in [0.3, 0.4) is 0 Å². The lowest BCUT2D eigenvalue weighted by atomic mass is 10.1. The maximum absolute atomic E-state index is 12.7. The second-order valence-electron chi connectivity index (χ2n) is 8.07. The summed E-state index contributed by atoms with van der Waals surface area (Å²) in [4.78, 5) is 51.6. The van der Waals surface area contributed by atoms with E-state index in [9.17, 15) is 19.2 Å². The van der Waals surface area contributed by atoms with Crippen molar-refractivity contribution in [2.45, 2.75) is 25.9 Å². The topological polar surface area (TPSA) is 104 Å². The molecule has 9 heteroatoms. The van der Waals surface area contributed by atoms with Gasteiger partial charge in [-0.3, -0.25) is 19.3 Å². The number of carboxylic acids is 1. The predicted molar refractivity (Wildman–Crippen MR) is 127 cm³/mol. The van der Waals surface area contributed by atoms with Crippen molar-refractivity contribution < 1.29 is 29.0 Å². The Morgan fingerprint density at radius 2 is 1.76 bits per heavy atom. The molecule has 3 amide bonds. The number of likely N-dealkylation sites (tertiary alicyclic amines) is 1. The van der Waals surface area contributed by atoms with Crippen LogP contribution >= 0.6 is 11.8 Å². The van der Waals surface area contributed by atoms with E-state index >= 15 is 0 Å². The molecule has 2 aromatic rings. The first kappa shape index (κ1) is 23.6. The monoisotopic (exact) mass is 480 g/mol. The van der Waals surface area contributed by atoms with Crippen LogP contribution in [-0.2, 0) is 16.2 Å². The number of hydrogen-bond acceptors (Lipinski definition) is 6. The number of nitrogens with zero attached hydrogens (tertiary/aromatic N) is 2. The first-order chi connectivity index (χ1) is 16.4. The fourth-order valence-electron chi connectivity index (χ4n) is 3.79. The van der Waals surface area contributed by atoms with Crippen LogP contribution in [0.5, 0.6) is 5.75 Å². The number of piperidine rings is 1. The summed E-state index contributed by atoms with van der Waals surface area (Å²) in [6.07, 6.45) is 4.61. The SMILES string of the molecule is O=C(O)c1cccc(COc2ccc(C=C3SC(=O)N(CC(=O)N4CCCCC4)C3=O)cc2)c1. The van der Waals surface area contributed by atoms with Crippen LogP contribution in [0.1, 0.15) is 40.7 Å². The van der Waals surface area contributed by atoms with E-state index in [1.54, 1.807) is 53.4 Å². The summed E-state index contributed by atoms with van der Waals surface area (Å²) in [5, 5.41) is 8.64. The predicted octanol–water partition coefficient (Wildman–Crippen LogP) is 4.01. The summed E-state index contributed by atoms with van der Waals surface area (Å²) in [5.74, 6) is -1.07. The number of benzene rings is 2. The number of thioether (sulfide) groups is 1. The van der Waals surface area contributed by atoms with Gasteiger partial charge in [-0.05, 0) is 72.5 Å². The van der Waals surface area contributed by atoms with Gasteiger partial charge in [-0.15, -0.1) is 0 Å². The Morgan fingerprint density at radius 1 is 1.03 bits per heavy atom. The Labute approximate surface area is 201 Å². The van der Waals surface area contributed by atoms with E-state index in [0.29, 0.717) is 24.4 Å². The first-order valence-electron chi connectivity index (χ1n) is 11.0. The van der Waals surface area contributed by atoms with Crippen LogP contribution in [0.15, 0.2) is 53.4 Å².